The lowest BCUT2D eigenvalue weighted by Gasteiger charge is -2.57. The number of aliphatic hydroxyl groups is 1. The molecule has 1 saturated carbocycles. The van der Waals surface area contributed by atoms with Gasteiger partial charge in [0.2, 0.25) is 0 Å². The van der Waals surface area contributed by atoms with Crippen LogP contribution in [0.5, 0.6) is 0 Å². The lowest BCUT2D eigenvalue weighted by molar-refractivity contribution is -0.487. The Bertz CT molecular complexity index is 851. The number of ether oxygens (including phenoxy) is 5. The van der Waals surface area contributed by atoms with Gasteiger partial charge in [-0.15, -0.1) is 0 Å². The van der Waals surface area contributed by atoms with E-state index in [1.807, 2.05) is 48.5 Å². The molecule has 0 spiro atoms. The predicted molar refractivity (Wildman–Crippen MR) is 115 cm³/mol. The van der Waals surface area contributed by atoms with Gasteiger partial charge in [-0.1, -0.05) is 73.8 Å². The molecule has 7 atom stereocenters. The summed E-state index contributed by atoms with van der Waals surface area (Å²) >= 11 is 0. The van der Waals surface area contributed by atoms with Gasteiger partial charge in [-0.05, 0) is 22.3 Å². The van der Waals surface area contributed by atoms with Gasteiger partial charge >= 0.3 is 0 Å². The fourth-order valence-electron chi connectivity index (χ4n) is 4.35. The highest BCUT2D eigenvalue weighted by molar-refractivity contribution is 5.47. The van der Waals surface area contributed by atoms with Crippen LogP contribution in [0.4, 0.5) is 0 Å². The molecule has 162 valence electrons. The van der Waals surface area contributed by atoms with Gasteiger partial charge in [-0.2, -0.15) is 0 Å². The van der Waals surface area contributed by atoms with Crippen molar-refractivity contribution in [2.75, 3.05) is 0 Å². The molecule has 3 aliphatic heterocycles. The molecule has 0 amide bonds. The van der Waals surface area contributed by atoms with Gasteiger partial charge in [-0.3, -0.25) is 0 Å². The van der Waals surface area contributed by atoms with Crippen molar-refractivity contribution in [2.45, 2.75) is 56.3 Å². The average Bonchev–Trinajstić information content (AvgIpc) is 2.81. The van der Waals surface area contributed by atoms with Crippen LogP contribution in [0.1, 0.15) is 22.3 Å². The molecule has 1 aliphatic carbocycles. The molecule has 6 rings (SSSR count). The number of benzene rings is 2. The molecule has 31 heavy (non-hydrogen) atoms. The second kappa shape index (κ2) is 8.67. The Kier molecular flexibility index (Phi) is 5.75. The number of aliphatic hydroxyl groups excluding tert-OH is 1. The molecule has 4 bridgehead atoms. The summed E-state index contributed by atoms with van der Waals surface area (Å²) in [6.07, 6.45) is 0.421. The highest BCUT2D eigenvalue weighted by Crippen LogP contribution is 2.42. The molecule has 3 heterocycles. The van der Waals surface area contributed by atoms with Gasteiger partial charge in [0.1, 0.15) is 36.6 Å². The fraction of sp³-hybridized carbons (Fsp3) is 0.360. The molecular weight excluding hydrogens is 396 g/mol. The molecule has 6 heteroatoms. The summed E-state index contributed by atoms with van der Waals surface area (Å²) in [7, 11) is 0. The largest absolute Gasteiger partial charge is 0.387 e. The zero-order valence-electron chi connectivity index (χ0n) is 17.1. The molecule has 3 unspecified atom stereocenters. The Morgan fingerprint density at radius 1 is 0.710 bits per heavy atom. The summed E-state index contributed by atoms with van der Waals surface area (Å²) in [5.41, 5.74) is 4.13. The molecule has 2 aromatic carbocycles. The lowest BCUT2D eigenvalue weighted by Crippen LogP contribution is -2.75. The van der Waals surface area contributed by atoms with E-state index in [0.29, 0.717) is 13.2 Å². The van der Waals surface area contributed by atoms with Gasteiger partial charge in [-0.25, -0.2) is 0 Å². The van der Waals surface area contributed by atoms with E-state index in [4.69, 9.17) is 23.7 Å². The van der Waals surface area contributed by atoms with Crippen molar-refractivity contribution in [1.29, 1.82) is 0 Å². The van der Waals surface area contributed by atoms with E-state index >= 15 is 0 Å². The highest BCUT2D eigenvalue weighted by Gasteiger charge is 2.62. The molecule has 0 aromatic heterocycles. The van der Waals surface area contributed by atoms with Crippen molar-refractivity contribution in [3.8, 4) is 0 Å². The van der Waals surface area contributed by atoms with Crippen molar-refractivity contribution in [3.63, 3.8) is 0 Å². The zero-order chi connectivity index (χ0) is 21.4. The zero-order valence-corrected chi connectivity index (χ0v) is 17.1. The second-order valence-electron chi connectivity index (χ2n) is 8.02. The molecule has 4 fully saturated rings. The SMILES string of the molecule is C=Cc1ccc(CO[C@@H]2C3OC4O[C@@H]2C(O)[C@H](O4)[C@H]3OCc2ccc(C=C)cc2)cc1. The maximum atomic E-state index is 10.8. The van der Waals surface area contributed by atoms with Crippen molar-refractivity contribution >= 4 is 12.2 Å². The van der Waals surface area contributed by atoms with Crippen molar-refractivity contribution in [1.82, 2.24) is 0 Å². The van der Waals surface area contributed by atoms with Crippen LogP contribution in [-0.4, -0.2) is 48.2 Å². The third-order valence-electron chi connectivity index (χ3n) is 6.09. The van der Waals surface area contributed by atoms with Crippen molar-refractivity contribution < 1.29 is 28.8 Å². The molecule has 0 radical (unpaired) electrons. The van der Waals surface area contributed by atoms with Crippen LogP contribution in [-0.2, 0) is 36.9 Å². The Morgan fingerprint density at radius 3 is 1.55 bits per heavy atom. The highest BCUT2D eigenvalue weighted by atomic mass is 16.9. The summed E-state index contributed by atoms with van der Waals surface area (Å²) in [4.78, 5) is 0. The first kappa shape index (κ1) is 20.6. The minimum absolute atomic E-state index is 0.375. The summed E-state index contributed by atoms with van der Waals surface area (Å²) in [5, 5.41) is 10.8. The fourth-order valence-corrected chi connectivity index (χ4v) is 4.35. The molecule has 3 saturated heterocycles. The normalized spacial score (nSPS) is 33.4. The first-order chi connectivity index (χ1) is 15.2. The van der Waals surface area contributed by atoms with Crippen LogP contribution in [0.2, 0.25) is 0 Å². The monoisotopic (exact) mass is 422 g/mol. The maximum Gasteiger partial charge on any atom is 0.272 e. The molecule has 1 N–H and O–H groups in total. The predicted octanol–water partition coefficient (Wildman–Crippen LogP) is 3.28. The quantitative estimate of drug-likeness (QED) is 0.704. The van der Waals surface area contributed by atoms with Crippen LogP contribution in [0.15, 0.2) is 61.7 Å². The van der Waals surface area contributed by atoms with E-state index in [1.165, 1.54) is 0 Å². The maximum absolute atomic E-state index is 10.8. The van der Waals surface area contributed by atoms with Crippen molar-refractivity contribution in [3.05, 3.63) is 83.9 Å². The lowest BCUT2D eigenvalue weighted by atomic mass is 9.82. The van der Waals surface area contributed by atoms with E-state index in [-0.39, 0.29) is 6.10 Å². The van der Waals surface area contributed by atoms with Gasteiger partial charge < -0.3 is 28.8 Å². The van der Waals surface area contributed by atoms with Crippen LogP contribution in [0.25, 0.3) is 12.2 Å². The second-order valence-corrected chi connectivity index (χ2v) is 8.02. The minimum atomic E-state index is -0.849. The van der Waals surface area contributed by atoms with E-state index in [0.717, 1.165) is 22.3 Å². The number of rotatable bonds is 8. The third-order valence-corrected chi connectivity index (χ3v) is 6.09. The Labute approximate surface area is 181 Å². The topological polar surface area (TPSA) is 66.4 Å². The summed E-state index contributed by atoms with van der Waals surface area (Å²) in [6.45, 7) is 7.51. The Balaban J connectivity index is 1.28. The smallest absolute Gasteiger partial charge is 0.272 e. The summed E-state index contributed by atoms with van der Waals surface area (Å²) < 4.78 is 29.7. The molecule has 4 aliphatic rings. The van der Waals surface area contributed by atoms with Crippen LogP contribution >= 0.6 is 0 Å². The average molecular weight is 422 g/mol. The standard InChI is InChI=1S/C25H26O6/c1-3-15-5-9-17(10-6-15)13-27-22-20-19(26)21-23(24(22)31-25(29-20)30-21)28-14-18-11-7-16(4-2)8-12-18/h3-12,19-26H,1-2,13-14H2/t19?,20-,21+,22+,23-,24?,25?. The summed E-state index contributed by atoms with van der Waals surface area (Å²) in [6, 6.07) is 15.9. The van der Waals surface area contributed by atoms with E-state index in [1.54, 1.807) is 12.2 Å². The Hall–Kier alpha value is -2.32. The molecule has 6 nitrogen and oxygen atoms in total. The summed E-state index contributed by atoms with van der Waals surface area (Å²) in [5.74, 6) is 0. The van der Waals surface area contributed by atoms with Gasteiger partial charge in [0.25, 0.3) is 6.48 Å². The van der Waals surface area contributed by atoms with Gasteiger partial charge in [0.05, 0.1) is 13.2 Å². The minimum Gasteiger partial charge on any atom is -0.387 e. The van der Waals surface area contributed by atoms with Gasteiger partial charge in [0.15, 0.2) is 0 Å². The van der Waals surface area contributed by atoms with E-state index < -0.39 is 37.0 Å². The molecular formula is C25H26O6. The number of hydrogen-bond donors (Lipinski definition) is 1. The Morgan fingerprint density at radius 2 is 1.13 bits per heavy atom. The van der Waals surface area contributed by atoms with Gasteiger partial charge in [0, 0.05) is 0 Å². The van der Waals surface area contributed by atoms with E-state index in [9.17, 15) is 5.11 Å². The third kappa shape index (κ3) is 3.99. The van der Waals surface area contributed by atoms with Crippen LogP contribution in [0.3, 0.4) is 0 Å². The first-order valence-electron chi connectivity index (χ1n) is 10.5. The van der Waals surface area contributed by atoms with Crippen LogP contribution in [0, 0.1) is 0 Å². The molecule has 2 aromatic rings. The first-order valence-corrected chi connectivity index (χ1v) is 10.5. The van der Waals surface area contributed by atoms with Crippen LogP contribution < -0.4 is 0 Å². The van der Waals surface area contributed by atoms with Crippen molar-refractivity contribution in [2.24, 2.45) is 0 Å². The van der Waals surface area contributed by atoms with E-state index in [2.05, 4.69) is 13.2 Å². The number of hydrogen-bond acceptors (Lipinski definition) is 6.